The summed E-state index contributed by atoms with van der Waals surface area (Å²) in [5, 5.41) is 8.95. The van der Waals surface area contributed by atoms with E-state index in [0.717, 1.165) is 18.4 Å². The molecule has 5 heteroatoms. The molecule has 2 amide bonds. The molecule has 1 aromatic rings. The van der Waals surface area contributed by atoms with Gasteiger partial charge in [-0.2, -0.15) is 5.26 Å². The van der Waals surface area contributed by atoms with Crippen molar-refractivity contribution in [1.82, 2.24) is 10.9 Å². The summed E-state index contributed by atoms with van der Waals surface area (Å²) < 4.78 is 0. The highest BCUT2D eigenvalue weighted by Crippen LogP contribution is 2.28. The molecule has 0 aliphatic heterocycles. The highest BCUT2D eigenvalue weighted by atomic mass is 16.2. The molecule has 5 nitrogen and oxygen atoms in total. The topological polar surface area (TPSA) is 82.0 Å². The minimum absolute atomic E-state index is 0.00365. The van der Waals surface area contributed by atoms with Crippen LogP contribution in [-0.2, 0) is 9.59 Å². The standard InChI is InChI=1S/C14H13N3O2/c15-9-12(8-10-4-2-1-3-5-10)14(19)17-16-13(18)11-6-7-11/h1-5,8,11H,6-7H2,(H,16,18)(H,17,19)/b12-8-. The molecule has 0 bridgehead atoms. The Bertz CT molecular complexity index is 554. The predicted molar refractivity (Wildman–Crippen MR) is 69.0 cm³/mol. The van der Waals surface area contributed by atoms with Crippen LogP contribution in [0.2, 0.25) is 0 Å². The van der Waals surface area contributed by atoms with Crippen molar-refractivity contribution >= 4 is 17.9 Å². The number of carbonyl (C=O) groups excluding carboxylic acids is 2. The van der Waals surface area contributed by atoms with Gasteiger partial charge in [0.05, 0.1) is 0 Å². The van der Waals surface area contributed by atoms with E-state index in [1.165, 1.54) is 6.08 Å². The minimum atomic E-state index is -0.611. The predicted octanol–water partition coefficient (Wildman–Crippen LogP) is 1.15. The Hall–Kier alpha value is -2.61. The molecule has 2 rings (SSSR count). The van der Waals surface area contributed by atoms with Gasteiger partial charge in [0.1, 0.15) is 11.6 Å². The zero-order chi connectivity index (χ0) is 13.7. The van der Waals surface area contributed by atoms with Crippen LogP contribution < -0.4 is 10.9 Å². The summed E-state index contributed by atoms with van der Waals surface area (Å²) in [4.78, 5) is 23.1. The van der Waals surface area contributed by atoms with Gasteiger partial charge >= 0.3 is 0 Å². The molecule has 0 spiro atoms. The first-order chi connectivity index (χ1) is 9.20. The van der Waals surface area contributed by atoms with Crippen molar-refractivity contribution in [3.8, 4) is 6.07 Å². The van der Waals surface area contributed by atoms with E-state index < -0.39 is 5.91 Å². The molecule has 1 saturated carbocycles. The van der Waals surface area contributed by atoms with Crippen molar-refractivity contribution in [2.24, 2.45) is 5.92 Å². The van der Waals surface area contributed by atoms with Crippen molar-refractivity contribution in [2.75, 3.05) is 0 Å². The Morgan fingerprint density at radius 2 is 1.89 bits per heavy atom. The fourth-order valence-corrected chi connectivity index (χ4v) is 1.50. The van der Waals surface area contributed by atoms with Gasteiger partial charge in [-0.3, -0.25) is 20.4 Å². The molecule has 96 valence electrons. The number of amides is 2. The SMILES string of the molecule is N#C/C(=C/c1ccccc1)C(=O)NNC(=O)C1CC1. The summed E-state index contributed by atoms with van der Waals surface area (Å²) in [7, 11) is 0. The second-order valence-electron chi connectivity index (χ2n) is 4.30. The van der Waals surface area contributed by atoms with Gasteiger partial charge in [-0.1, -0.05) is 30.3 Å². The van der Waals surface area contributed by atoms with Crippen LogP contribution in [0.25, 0.3) is 6.08 Å². The van der Waals surface area contributed by atoms with E-state index in [9.17, 15) is 9.59 Å². The van der Waals surface area contributed by atoms with Crippen LogP contribution in [0.15, 0.2) is 35.9 Å². The second-order valence-corrected chi connectivity index (χ2v) is 4.30. The van der Waals surface area contributed by atoms with Crippen LogP contribution in [0.4, 0.5) is 0 Å². The normalized spacial score (nSPS) is 14.4. The molecule has 2 N–H and O–H groups in total. The van der Waals surface area contributed by atoms with Gasteiger partial charge in [-0.15, -0.1) is 0 Å². The summed E-state index contributed by atoms with van der Waals surface area (Å²) in [5.74, 6) is -0.811. The first-order valence-corrected chi connectivity index (χ1v) is 5.98. The van der Waals surface area contributed by atoms with Gasteiger partial charge in [0.2, 0.25) is 5.91 Å². The number of carbonyl (C=O) groups is 2. The van der Waals surface area contributed by atoms with E-state index >= 15 is 0 Å². The Kier molecular flexibility index (Phi) is 3.94. The number of rotatable bonds is 3. The number of nitrogens with zero attached hydrogens (tertiary/aromatic N) is 1. The highest BCUT2D eigenvalue weighted by Gasteiger charge is 2.29. The van der Waals surface area contributed by atoms with Gasteiger partial charge in [-0.05, 0) is 24.5 Å². The summed E-state index contributed by atoms with van der Waals surface area (Å²) in [6.45, 7) is 0. The van der Waals surface area contributed by atoms with E-state index in [4.69, 9.17) is 5.26 Å². The molecule has 0 aromatic heterocycles. The molecule has 19 heavy (non-hydrogen) atoms. The number of hydrogen-bond donors (Lipinski definition) is 2. The van der Waals surface area contributed by atoms with E-state index in [1.54, 1.807) is 12.1 Å². The molecule has 0 saturated heterocycles. The summed E-state index contributed by atoms with van der Waals surface area (Å²) >= 11 is 0. The first-order valence-electron chi connectivity index (χ1n) is 5.98. The molecular formula is C14H13N3O2. The monoisotopic (exact) mass is 255 g/mol. The molecule has 1 fully saturated rings. The zero-order valence-corrected chi connectivity index (χ0v) is 10.2. The average Bonchev–Trinajstić information content (AvgIpc) is 3.27. The molecule has 0 unspecified atom stereocenters. The third-order valence-corrected chi connectivity index (χ3v) is 2.72. The first kappa shape index (κ1) is 12.8. The quantitative estimate of drug-likeness (QED) is 0.483. The van der Waals surface area contributed by atoms with Gasteiger partial charge in [-0.25, -0.2) is 0 Å². The molecule has 1 aliphatic carbocycles. The van der Waals surface area contributed by atoms with E-state index in [2.05, 4.69) is 10.9 Å². The Balaban J connectivity index is 1.97. The second kappa shape index (κ2) is 5.83. The van der Waals surface area contributed by atoms with Crippen molar-refractivity contribution < 1.29 is 9.59 Å². The van der Waals surface area contributed by atoms with Crippen LogP contribution in [0, 0.1) is 17.2 Å². The van der Waals surface area contributed by atoms with Crippen LogP contribution >= 0.6 is 0 Å². The lowest BCUT2D eigenvalue weighted by Crippen LogP contribution is -2.42. The molecular weight excluding hydrogens is 242 g/mol. The van der Waals surface area contributed by atoms with E-state index in [-0.39, 0.29) is 17.4 Å². The van der Waals surface area contributed by atoms with Crippen LogP contribution in [0.3, 0.4) is 0 Å². The van der Waals surface area contributed by atoms with E-state index in [0.29, 0.717) is 0 Å². The fourth-order valence-electron chi connectivity index (χ4n) is 1.50. The summed E-state index contributed by atoms with van der Waals surface area (Å²) in [5.41, 5.74) is 5.26. The third kappa shape index (κ3) is 3.68. The lowest BCUT2D eigenvalue weighted by atomic mass is 10.1. The third-order valence-electron chi connectivity index (χ3n) is 2.72. The number of hydrazine groups is 1. The van der Waals surface area contributed by atoms with Crippen molar-refractivity contribution in [3.63, 3.8) is 0 Å². The summed E-state index contributed by atoms with van der Waals surface area (Å²) in [6, 6.07) is 10.9. The minimum Gasteiger partial charge on any atom is -0.273 e. The largest absolute Gasteiger partial charge is 0.280 e. The number of hydrogen-bond acceptors (Lipinski definition) is 3. The summed E-state index contributed by atoms with van der Waals surface area (Å²) in [6.07, 6.45) is 3.18. The molecule has 0 heterocycles. The highest BCUT2D eigenvalue weighted by molar-refractivity contribution is 6.02. The van der Waals surface area contributed by atoms with Gasteiger partial charge in [0.15, 0.2) is 0 Å². The molecule has 1 aliphatic rings. The molecule has 0 atom stereocenters. The fraction of sp³-hybridized carbons (Fsp3) is 0.214. The van der Waals surface area contributed by atoms with Crippen molar-refractivity contribution in [3.05, 3.63) is 41.5 Å². The maximum atomic E-state index is 11.7. The molecule has 0 radical (unpaired) electrons. The lowest BCUT2D eigenvalue weighted by molar-refractivity contribution is -0.127. The van der Waals surface area contributed by atoms with Gasteiger partial charge < -0.3 is 0 Å². The van der Waals surface area contributed by atoms with Crippen LogP contribution in [0.5, 0.6) is 0 Å². The maximum Gasteiger partial charge on any atom is 0.280 e. The van der Waals surface area contributed by atoms with E-state index in [1.807, 2.05) is 24.3 Å². The lowest BCUT2D eigenvalue weighted by Gasteiger charge is -2.05. The Labute approximate surface area is 110 Å². The zero-order valence-electron chi connectivity index (χ0n) is 10.2. The Morgan fingerprint density at radius 1 is 1.21 bits per heavy atom. The Morgan fingerprint density at radius 3 is 2.47 bits per heavy atom. The smallest absolute Gasteiger partial charge is 0.273 e. The van der Waals surface area contributed by atoms with Crippen LogP contribution in [-0.4, -0.2) is 11.8 Å². The maximum absolute atomic E-state index is 11.7. The molecule has 1 aromatic carbocycles. The van der Waals surface area contributed by atoms with Crippen molar-refractivity contribution in [2.45, 2.75) is 12.8 Å². The number of nitriles is 1. The average molecular weight is 255 g/mol. The van der Waals surface area contributed by atoms with Crippen LogP contribution in [0.1, 0.15) is 18.4 Å². The van der Waals surface area contributed by atoms with Gasteiger partial charge in [0, 0.05) is 5.92 Å². The number of nitrogens with one attached hydrogen (secondary N) is 2. The number of benzene rings is 1. The van der Waals surface area contributed by atoms with Gasteiger partial charge in [0.25, 0.3) is 5.91 Å². The van der Waals surface area contributed by atoms with Crippen molar-refractivity contribution in [1.29, 1.82) is 5.26 Å².